The van der Waals surface area contributed by atoms with E-state index in [1.54, 1.807) is 13.2 Å². The van der Waals surface area contributed by atoms with Gasteiger partial charge >= 0.3 is 0 Å². The van der Waals surface area contributed by atoms with Crippen molar-refractivity contribution in [1.29, 1.82) is 0 Å². The second-order valence-electron chi connectivity index (χ2n) is 4.78. The van der Waals surface area contributed by atoms with E-state index in [0.29, 0.717) is 12.1 Å². The highest BCUT2D eigenvalue weighted by atomic mass is 19.1. The summed E-state index contributed by atoms with van der Waals surface area (Å²) in [5, 5.41) is 3.48. The Hall–Kier alpha value is -0.930. The van der Waals surface area contributed by atoms with E-state index in [9.17, 15) is 4.39 Å². The van der Waals surface area contributed by atoms with E-state index < -0.39 is 0 Å². The van der Waals surface area contributed by atoms with Crippen molar-refractivity contribution in [2.75, 3.05) is 7.11 Å². The first-order chi connectivity index (χ1) is 8.20. The van der Waals surface area contributed by atoms with Gasteiger partial charge in [-0.2, -0.15) is 0 Å². The fraction of sp³-hybridized carbons (Fsp3) is 0.571. The second kappa shape index (κ2) is 5.61. The Morgan fingerprint density at radius 2 is 2.12 bits per heavy atom. The van der Waals surface area contributed by atoms with E-state index in [-0.39, 0.29) is 11.9 Å². The Bertz CT molecular complexity index is 369. The normalized spacial score (nSPS) is 26.1. The van der Waals surface area contributed by atoms with Gasteiger partial charge in [0.1, 0.15) is 5.82 Å². The van der Waals surface area contributed by atoms with Gasteiger partial charge in [0.15, 0.2) is 0 Å². The van der Waals surface area contributed by atoms with Crippen molar-refractivity contribution in [3.63, 3.8) is 0 Å². The third-order valence-electron chi connectivity index (χ3n) is 3.58. The Balaban J connectivity index is 1.94. The maximum absolute atomic E-state index is 13.6. The van der Waals surface area contributed by atoms with Crippen LogP contribution in [0.1, 0.15) is 37.8 Å². The van der Waals surface area contributed by atoms with Crippen molar-refractivity contribution >= 4 is 0 Å². The maximum atomic E-state index is 13.6. The minimum atomic E-state index is -0.131. The minimum absolute atomic E-state index is 0.0526. The Labute approximate surface area is 102 Å². The van der Waals surface area contributed by atoms with E-state index in [0.717, 1.165) is 24.8 Å². The van der Waals surface area contributed by atoms with Crippen LogP contribution in [-0.2, 0) is 4.74 Å². The summed E-state index contributed by atoms with van der Waals surface area (Å²) in [6.45, 7) is 2.01. The number of hydrogen-bond acceptors (Lipinski definition) is 2. The molecule has 0 radical (unpaired) electrons. The molecule has 17 heavy (non-hydrogen) atoms. The van der Waals surface area contributed by atoms with Gasteiger partial charge in [-0.25, -0.2) is 4.39 Å². The van der Waals surface area contributed by atoms with E-state index in [1.165, 1.54) is 6.07 Å². The van der Waals surface area contributed by atoms with E-state index in [2.05, 4.69) is 5.32 Å². The van der Waals surface area contributed by atoms with Gasteiger partial charge in [0.05, 0.1) is 6.10 Å². The fourth-order valence-electron chi connectivity index (χ4n) is 2.58. The molecule has 1 aromatic rings. The highest BCUT2D eigenvalue weighted by Gasteiger charge is 2.25. The lowest BCUT2D eigenvalue weighted by molar-refractivity contribution is 0.106. The van der Waals surface area contributed by atoms with Gasteiger partial charge in [0.25, 0.3) is 0 Å². The molecule has 3 heteroatoms. The molecule has 94 valence electrons. The van der Waals surface area contributed by atoms with Gasteiger partial charge in [-0.3, -0.25) is 0 Å². The fourth-order valence-corrected chi connectivity index (χ4v) is 2.58. The zero-order valence-electron chi connectivity index (χ0n) is 10.4. The average molecular weight is 237 g/mol. The number of nitrogens with one attached hydrogen (secondary N) is 1. The topological polar surface area (TPSA) is 21.3 Å². The van der Waals surface area contributed by atoms with Gasteiger partial charge in [0, 0.05) is 24.8 Å². The molecule has 0 amide bonds. The molecule has 2 rings (SSSR count). The molecule has 1 N–H and O–H groups in total. The molecule has 0 aromatic heterocycles. The summed E-state index contributed by atoms with van der Waals surface area (Å²) in [4.78, 5) is 0. The van der Waals surface area contributed by atoms with Crippen LogP contribution in [0.2, 0.25) is 0 Å². The molecule has 0 saturated heterocycles. The van der Waals surface area contributed by atoms with Crippen molar-refractivity contribution < 1.29 is 9.13 Å². The van der Waals surface area contributed by atoms with E-state index in [1.807, 2.05) is 19.1 Å². The lowest BCUT2D eigenvalue weighted by Crippen LogP contribution is -2.30. The molecule has 0 heterocycles. The first-order valence-corrected chi connectivity index (χ1v) is 6.24. The average Bonchev–Trinajstić information content (AvgIpc) is 2.77. The van der Waals surface area contributed by atoms with Crippen molar-refractivity contribution in [3.05, 3.63) is 35.6 Å². The molecule has 1 fully saturated rings. The summed E-state index contributed by atoms with van der Waals surface area (Å²) in [7, 11) is 1.76. The third kappa shape index (κ3) is 3.05. The van der Waals surface area contributed by atoms with Gasteiger partial charge in [0.2, 0.25) is 0 Å². The van der Waals surface area contributed by atoms with Crippen molar-refractivity contribution in [2.24, 2.45) is 0 Å². The number of methoxy groups -OCH3 is 1. The van der Waals surface area contributed by atoms with Crippen LogP contribution in [0.15, 0.2) is 24.3 Å². The lowest BCUT2D eigenvalue weighted by atomic mass is 10.1. The number of hydrogen-bond donors (Lipinski definition) is 1. The Morgan fingerprint density at radius 3 is 2.76 bits per heavy atom. The summed E-state index contributed by atoms with van der Waals surface area (Å²) in [5.41, 5.74) is 0.744. The van der Waals surface area contributed by atoms with Crippen molar-refractivity contribution in [2.45, 2.75) is 44.4 Å². The molecular weight excluding hydrogens is 217 g/mol. The SMILES string of the molecule is COC1CCC(NC(C)c2ccccc2F)C1. The largest absolute Gasteiger partial charge is 0.381 e. The Kier molecular flexibility index (Phi) is 4.13. The summed E-state index contributed by atoms with van der Waals surface area (Å²) in [6, 6.07) is 7.45. The van der Waals surface area contributed by atoms with Gasteiger partial charge in [-0.15, -0.1) is 0 Å². The quantitative estimate of drug-likeness (QED) is 0.869. The summed E-state index contributed by atoms with van der Waals surface area (Å²) in [5.74, 6) is -0.131. The molecule has 3 atom stereocenters. The first-order valence-electron chi connectivity index (χ1n) is 6.24. The predicted molar refractivity (Wildman–Crippen MR) is 66.4 cm³/mol. The minimum Gasteiger partial charge on any atom is -0.381 e. The van der Waals surface area contributed by atoms with Crippen LogP contribution in [0.5, 0.6) is 0 Å². The first kappa shape index (κ1) is 12.5. The van der Waals surface area contributed by atoms with Gasteiger partial charge in [-0.05, 0) is 32.3 Å². The van der Waals surface area contributed by atoms with Gasteiger partial charge < -0.3 is 10.1 Å². The predicted octanol–water partition coefficient (Wildman–Crippen LogP) is 3.04. The van der Waals surface area contributed by atoms with E-state index in [4.69, 9.17) is 4.74 Å². The van der Waals surface area contributed by atoms with Crippen LogP contribution in [0.25, 0.3) is 0 Å². The third-order valence-corrected chi connectivity index (χ3v) is 3.58. The summed E-state index contributed by atoms with van der Waals surface area (Å²) >= 11 is 0. The zero-order valence-corrected chi connectivity index (χ0v) is 10.4. The van der Waals surface area contributed by atoms with Crippen LogP contribution in [0.4, 0.5) is 4.39 Å². The van der Waals surface area contributed by atoms with Gasteiger partial charge in [-0.1, -0.05) is 18.2 Å². The molecule has 1 aliphatic rings. The standard InChI is InChI=1S/C14H20FNO/c1-10(13-5-3-4-6-14(13)15)16-11-7-8-12(9-11)17-2/h3-6,10-12,16H,7-9H2,1-2H3. The molecule has 0 aliphatic heterocycles. The monoisotopic (exact) mass is 237 g/mol. The summed E-state index contributed by atoms with van der Waals surface area (Å²) in [6.07, 6.45) is 3.59. The molecule has 1 aliphatic carbocycles. The molecular formula is C14H20FNO. The molecule has 0 bridgehead atoms. The molecule has 1 aromatic carbocycles. The highest BCUT2D eigenvalue weighted by molar-refractivity contribution is 5.20. The smallest absolute Gasteiger partial charge is 0.127 e. The van der Waals surface area contributed by atoms with Crippen LogP contribution in [0.3, 0.4) is 0 Å². The molecule has 0 spiro atoms. The van der Waals surface area contributed by atoms with E-state index >= 15 is 0 Å². The highest BCUT2D eigenvalue weighted by Crippen LogP contribution is 2.25. The zero-order chi connectivity index (χ0) is 12.3. The molecule has 2 nitrogen and oxygen atoms in total. The number of rotatable bonds is 4. The molecule has 3 unspecified atom stereocenters. The van der Waals surface area contributed by atoms with Crippen LogP contribution >= 0.6 is 0 Å². The van der Waals surface area contributed by atoms with Crippen LogP contribution in [0, 0.1) is 5.82 Å². The molecule has 1 saturated carbocycles. The Morgan fingerprint density at radius 1 is 1.35 bits per heavy atom. The number of ether oxygens (including phenoxy) is 1. The van der Waals surface area contributed by atoms with Crippen LogP contribution in [-0.4, -0.2) is 19.3 Å². The maximum Gasteiger partial charge on any atom is 0.127 e. The van der Waals surface area contributed by atoms with Crippen molar-refractivity contribution in [1.82, 2.24) is 5.32 Å². The number of benzene rings is 1. The second-order valence-corrected chi connectivity index (χ2v) is 4.78. The summed E-state index contributed by atoms with van der Waals surface area (Å²) < 4.78 is 18.9. The van der Waals surface area contributed by atoms with Crippen LogP contribution < -0.4 is 5.32 Å². The number of halogens is 1. The van der Waals surface area contributed by atoms with Crippen molar-refractivity contribution in [3.8, 4) is 0 Å². The lowest BCUT2D eigenvalue weighted by Gasteiger charge is -2.20.